The fourth-order valence-electron chi connectivity index (χ4n) is 3.11. The van der Waals surface area contributed by atoms with Gasteiger partial charge in [-0.1, -0.05) is 60.2 Å². The van der Waals surface area contributed by atoms with Gasteiger partial charge >= 0.3 is 5.97 Å². The lowest BCUT2D eigenvalue weighted by atomic mass is 9.97. The van der Waals surface area contributed by atoms with E-state index < -0.39 is 11.9 Å². The van der Waals surface area contributed by atoms with Gasteiger partial charge in [0, 0.05) is 11.6 Å². The number of aryl methyl sites for hydroxylation is 1. The fourth-order valence-corrected chi connectivity index (χ4v) is 3.80. The fraction of sp³-hybridized carbons (Fsp3) is 0.261. The Balaban J connectivity index is 1.79. The van der Waals surface area contributed by atoms with Gasteiger partial charge in [0.2, 0.25) is 5.91 Å². The Morgan fingerprint density at radius 2 is 1.72 bits per heavy atom. The minimum atomic E-state index is -0.914. The summed E-state index contributed by atoms with van der Waals surface area (Å²) in [6.07, 6.45) is 2.60. The molecule has 0 spiro atoms. The number of aromatic nitrogens is 1. The summed E-state index contributed by atoms with van der Waals surface area (Å²) in [4.78, 5) is 29.8. The third-order valence-corrected chi connectivity index (χ3v) is 5.60. The highest BCUT2D eigenvalue weighted by Crippen LogP contribution is 2.22. The average molecular weight is 409 g/mol. The first-order valence-corrected chi connectivity index (χ1v) is 10.3. The minimum absolute atomic E-state index is 0.286. The second-order valence-corrected chi connectivity index (χ2v) is 7.81. The van der Waals surface area contributed by atoms with E-state index in [9.17, 15) is 9.59 Å². The van der Waals surface area contributed by atoms with Crippen LogP contribution in [0.5, 0.6) is 0 Å². The van der Waals surface area contributed by atoms with Crippen molar-refractivity contribution in [1.82, 2.24) is 10.3 Å². The maximum Gasteiger partial charge on any atom is 0.318 e. The van der Waals surface area contributed by atoms with Crippen LogP contribution in [-0.2, 0) is 27.2 Å². The molecule has 1 amide bonds. The van der Waals surface area contributed by atoms with Gasteiger partial charge < -0.3 is 10.1 Å². The van der Waals surface area contributed by atoms with Crippen molar-refractivity contribution in [2.24, 2.45) is 5.92 Å². The second kappa shape index (κ2) is 9.98. The van der Waals surface area contributed by atoms with Crippen molar-refractivity contribution in [3.8, 4) is 0 Å². The largest absolute Gasteiger partial charge is 0.468 e. The van der Waals surface area contributed by atoms with Gasteiger partial charge in [0.25, 0.3) is 0 Å². The highest BCUT2D eigenvalue weighted by Gasteiger charge is 2.30. The third-order valence-electron chi connectivity index (χ3n) is 4.71. The van der Waals surface area contributed by atoms with Crippen molar-refractivity contribution in [3.05, 3.63) is 87.9 Å². The lowest BCUT2D eigenvalue weighted by Crippen LogP contribution is -2.40. The highest BCUT2D eigenvalue weighted by atomic mass is 32.1. The summed E-state index contributed by atoms with van der Waals surface area (Å²) in [5, 5.41) is 5.71. The Morgan fingerprint density at radius 3 is 2.34 bits per heavy atom. The van der Waals surface area contributed by atoms with Crippen molar-refractivity contribution in [1.29, 1.82) is 0 Å². The van der Waals surface area contributed by atoms with Crippen LogP contribution in [0, 0.1) is 12.8 Å². The van der Waals surface area contributed by atoms with Gasteiger partial charge in [0.05, 0.1) is 13.2 Å². The van der Waals surface area contributed by atoms with Crippen molar-refractivity contribution in [2.45, 2.75) is 25.8 Å². The molecule has 150 valence electrons. The molecule has 0 fully saturated rings. The molecule has 5 nitrogen and oxygen atoms in total. The number of nitrogens with one attached hydrogen (secondary N) is 1. The molecule has 0 saturated carbocycles. The number of esters is 1. The Hall–Kier alpha value is -2.99. The van der Waals surface area contributed by atoms with Crippen molar-refractivity contribution in [3.63, 3.8) is 0 Å². The molecular formula is C23H24N2O3S. The molecular weight excluding hydrogens is 384 g/mol. The van der Waals surface area contributed by atoms with Crippen LogP contribution < -0.4 is 5.32 Å². The number of rotatable bonds is 8. The number of amides is 1. The summed E-state index contributed by atoms with van der Waals surface area (Å²) in [7, 11) is 1.30. The standard InChI is InChI=1S/C23H24N2O3S/c1-16-8-10-18(11-9-16)15-20(22-24-12-13-29-22)25-21(26)19(23(27)28-2)14-17-6-4-3-5-7-17/h3-13,19-20H,14-15H2,1-2H3,(H,25,26)/t19?,20-/m0/s1. The summed E-state index contributed by atoms with van der Waals surface area (Å²) >= 11 is 1.48. The smallest absolute Gasteiger partial charge is 0.318 e. The first-order valence-electron chi connectivity index (χ1n) is 9.44. The van der Waals surface area contributed by atoms with Gasteiger partial charge in [-0.15, -0.1) is 11.3 Å². The molecule has 1 N–H and O–H groups in total. The van der Waals surface area contributed by atoms with E-state index in [1.54, 1.807) is 6.20 Å². The van der Waals surface area contributed by atoms with Crippen LogP contribution >= 0.6 is 11.3 Å². The number of hydrogen-bond donors (Lipinski definition) is 1. The van der Waals surface area contributed by atoms with E-state index in [0.29, 0.717) is 6.42 Å². The minimum Gasteiger partial charge on any atom is -0.468 e. The number of carbonyl (C=O) groups is 2. The topological polar surface area (TPSA) is 68.3 Å². The molecule has 0 radical (unpaired) electrons. The lowest BCUT2D eigenvalue weighted by Gasteiger charge is -2.21. The van der Waals surface area contributed by atoms with Crippen LogP contribution in [0.15, 0.2) is 66.2 Å². The quantitative estimate of drug-likeness (QED) is 0.454. The van der Waals surface area contributed by atoms with Gasteiger partial charge in [-0.25, -0.2) is 4.98 Å². The van der Waals surface area contributed by atoms with Crippen LogP contribution in [0.25, 0.3) is 0 Å². The third kappa shape index (κ3) is 5.74. The second-order valence-electron chi connectivity index (χ2n) is 6.89. The summed E-state index contributed by atoms with van der Waals surface area (Å²) in [5.74, 6) is -1.81. The molecule has 1 heterocycles. The van der Waals surface area contributed by atoms with E-state index in [-0.39, 0.29) is 18.4 Å². The number of ether oxygens (including phenoxy) is 1. The van der Waals surface area contributed by atoms with E-state index >= 15 is 0 Å². The number of methoxy groups -OCH3 is 1. The average Bonchev–Trinajstić information content (AvgIpc) is 3.28. The summed E-state index contributed by atoms with van der Waals surface area (Å²) in [6, 6.07) is 17.3. The molecule has 1 aromatic heterocycles. The van der Waals surface area contributed by atoms with Crippen LogP contribution in [-0.4, -0.2) is 24.0 Å². The van der Waals surface area contributed by atoms with Crippen molar-refractivity contribution >= 4 is 23.2 Å². The molecule has 29 heavy (non-hydrogen) atoms. The zero-order chi connectivity index (χ0) is 20.6. The van der Waals surface area contributed by atoms with Crippen LogP contribution in [0.1, 0.15) is 27.7 Å². The van der Waals surface area contributed by atoms with Crippen LogP contribution in [0.4, 0.5) is 0 Å². The zero-order valence-electron chi connectivity index (χ0n) is 16.5. The summed E-state index contributed by atoms with van der Waals surface area (Å²) in [6.45, 7) is 2.04. The Kier molecular flexibility index (Phi) is 7.14. The molecule has 1 unspecified atom stereocenters. The van der Waals surface area contributed by atoms with Gasteiger partial charge in [-0.2, -0.15) is 0 Å². The zero-order valence-corrected chi connectivity index (χ0v) is 17.3. The number of carbonyl (C=O) groups excluding carboxylic acids is 2. The highest BCUT2D eigenvalue weighted by molar-refractivity contribution is 7.09. The molecule has 0 aliphatic carbocycles. The van der Waals surface area contributed by atoms with Gasteiger partial charge in [0.1, 0.15) is 10.9 Å². The maximum atomic E-state index is 13.1. The van der Waals surface area contributed by atoms with E-state index in [1.165, 1.54) is 24.0 Å². The number of benzene rings is 2. The first-order chi connectivity index (χ1) is 14.1. The van der Waals surface area contributed by atoms with Gasteiger partial charge in [-0.05, 0) is 30.9 Å². The van der Waals surface area contributed by atoms with Gasteiger partial charge in [-0.3, -0.25) is 9.59 Å². The maximum absolute atomic E-state index is 13.1. The Morgan fingerprint density at radius 1 is 1.03 bits per heavy atom. The summed E-state index contributed by atoms with van der Waals surface area (Å²) < 4.78 is 4.90. The molecule has 3 rings (SSSR count). The monoisotopic (exact) mass is 408 g/mol. The molecule has 0 saturated heterocycles. The first kappa shape index (κ1) is 20.7. The lowest BCUT2D eigenvalue weighted by molar-refractivity contribution is -0.150. The Bertz CT molecular complexity index is 925. The molecule has 6 heteroatoms. The van der Waals surface area contributed by atoms with E-state index in [0.717, 1.165) is 16.1 Å². The van der Waals surface area contributed by atoms with Crippen molar-refractivity contribution in [2.75, 3.05) is 7.11 Å². The number of thiazole rings is 1. The van der Waals surface area contributed by atoms with E-state index in [1.807, 2.05) is 66.9 Å². The van der Waals surface area contributed by atoms with Crippen LogP contribution in [0.3, 0.4) is 0 Å². The van der Waals surface area contributed by atoms with Gasteiger partial charge in [0.15, 0.2) is 0 Å². The predicted molar refractivity (Wildman–Crippen MR) is 114 cm³/mol. The van der Waals surface area contributed by atoms with Crippen molar-refractivity contribution < 1.29 is 14.3 Å². The van der Waals surface area contributed by atoms with E-state index in [4.69, 9.17) is 4.74 Å². The van der Waals surface area contributed by atoms with Crippen LogP contribution in [0.2, 0.25) is 0 Å². The SMILES string of the molecule is COC(=O)C(Cc1ccccc1)C(=O)N[C@@H](Cc1ccc(C)cc1)c1nccs1. The molecule has 2 atom stereocenters. The molecule has 0 aliphatic rings. The number of nitrogens with zero attached hydrogens (tertiary/aromatic N) is 1. The normalized spacial score (nSPS) is 12.8. The molecule has 2 aromatic carbocycles. The Labute approximate surface area is 174 Å². The predicted octanol–water partition coefficient (Wildman–Crippen LogP) is 3.88. The number of hydrogen-bond acceptors (Lipinski definition) is 5. The molecule has 0 aliphatic heterocycles. The summed E-state index contributed by atoms with van der Waals surface area (Å²) in [5.41, 5.74) is 3.17. The molecule has 0 bridgehead atoms. The molecule has 3 aromatic rings. The van der Waals surface area contributed by atoms with E-state index in [2.05, 4.69) is 10.3 Å².